The molecule has 1 aliphatic heterocycles. The van der Waals surface area contributed by atoms with Crippen LogP contribution in [0.1, 0.15) is 23.6 Å². The van der Waals surface area contributed by atoms with Crippen molar-refractivity contribution < 1.29 is 17.1 Å². The van der Waals surface area contributed by atoms with Gasteiger partial charge in [-0.25, -0.2) is 9.97 Å². The van der Waals surface area contributed by atoms with Crippen molar-refractivity contribution in [2.24, 2.45) is 0 Å². The number of hydrogen-bond acceptors (Lipinski definition) is 5. The minimum Gasteiger partial charge on any atom is -0.378 e. The molecule has 19 heavy (non-hydrogen) atoms. The Balaban J connectivity index is 2.39. The molecule has 0 saturated carbocycles. The number of rotatable bonds is 1. The van der Waals surface area contributed by atoms with Gasteiger partial charge < -0.3 is 9.64 Å². The van der Waals surface area contributed by atoms with Gasteiger partial charge in [0.1, 0.15) is 6.07 Å². The van der Waals surface area contributed by atoms with Gasteiger partial charge in [-0.05, 0) is 24.6 Å². The summed E-state index contributed by atoms with van der Waals surface area (Å²) in [5.74, 6) is -0.724. The molecule has 0 aliphatic carbocycles. The summed E-state index contributed by atoms with van der Waals surface area (Å²) < 4.78 is 75.8. The van der Waals surface area contributed by atoms with E-state index in [4.69, 9.17) is 12.3 Å². The van der Waals surface area contributed by atoms with Crippen LogP contribution in [0.5, 0.6) is 0 Å². The molecule has 2 aromatic rings. The van der Waals surface area contributed by atoms with Crippen LogP contribution < -0.4 is 4.90 Å². The number of fused-ring (bicyclic) bond motifs is 1. The van der Waals surface area contributed by atoms with Gasteiger partial charge in [-0.15, -0.1) is 0 Å². The monoisotopic (exact) mass is 263 g/mol. The molecule has 96 valence electrons. The second-order valence-corrected chi connectivity index (χ2v) is 3.78. The summed E-state index contributed by atoms with van der Waals surface area (Å²) in [7, 11) is 0. The summed E-state index contributed by atoms with van der Waals surface area (Å²) in [6.45, 7) is -11.4. The van der Waals surface area contributed by atoms with E-state index in [1.165, 1.54) is 12.1 Å². The van der Waals surface area contributed by atoms with E-state index in [1.807, 2.05) is 0 Å². The number of nitriles is 1. The van der Waals surface area contributed by atoms with Gasteiger partial charge in [-0.3, -0.25) is 0 Å². The fraction of sp³-hybridized carbons (Fsp3) is 0.357. The van der Waals surface area contributed by atoms with Crippen LogP contribution >= 0.6 is 0 Å². The van der Waals surface area contributed by atoms with Crippen molar-refractivity contribution >= 4 is 16.9 Å². The van der Waals surface area contributed by atoms with Gasteiger partial charge in [0.15, 0.2) is 11.5 Å². The van der Waals surface area contributed by atoms with E-state index < -0.39 is 37.6 Å². The van der Waals surface area contributed by atoms with Crippen molar-refractivity contribution in [1.82, 2.24) is 9.97 Å². The Bertz CT molecular complexity index is 992. The normalized spacial score (nSPS) is 33.1. The largest absolute Gasteiger partial charge is 0.378 e. The third-order valence-corrected chi connectivity index (χ3v) is 2.44. The molecule has 0 N–H and O–H groups in total. The molecule has 0 radical (unpaired) electrons. The minimum atomic E-state index is -3.29. The number of benzene rings is 1. The molecule has 5 heteroatoms. The first-order chi connectivity index (χ1) is 12.7. The van der Waals surface area contributed by atoms with E-state index in [9.17, 15) is 5.26 Å². The van der Waals surface area contributed by atoms with E-state index in [2.05, 4.69) is 14.7 Å². The van der Waals surface area contributed by atoms with Crippen molar-refractivity contribution in [3.05, 3.63) is 29.4 Å². The van der Waals surface area contributed by atoms with Gasteiger partial charge in [-0.1, -0.05) is 6.07 Å². The molecule has 1 aromatic carbocycles. The van der Waals surface area contributed by atoms with Crippen molar-refractivity contribution in [3.63, 3.8) is 0 Å². The second-order valence-electron chi connectivity index (χ2n) is 3.78. The predicted octanol–water partition coefficient (Wildman–Crippen LogP) is 1.65. The SMILES string of the molecule is [2H]c1cc(C)cc2nc(C#N)c(N3C([2H])([2H])C([2H])([2H])OC([2H])([2H])C3([2H])[2H])nc12. The van der Waals surface area contributed by atoms with E-state index >= 15 is 0 Å². The molecule has 0 amide bonds. The molecular weight excluding hydrogens is 240 g/mol. The summed E-state index contributed by atoms with van der Waals surface area (Å²) in [6, 6.07) is 4.51. The van der Waals surface area contributed by atoms with Crippen LogP contribution in [0.2, 0.25) is 0 Å². The maximum atomic E-state index is 9.46. The maximum absolute atomic E-state index is 9.46. The summed E-state index contributed by atoms with van der Waals surface area (Å²) >= 11 is 0. The molecule has 5 nitrogen and oxygen atoms in total. The fourth-order valence-electron chi connectivity index (χ4n) is 1.61. The number of morpholine rings is 1. The van der Waals surface area contributed by atoms with E-state index in [-0.39, 0.29) is 22.0 Å². The zero-order valence-corrected chi connectivity index (χ0v) is 9.85. The number of aromatic nitrogens is 2. The Morgan fingerprint density at radius 3 is 2.95 bits per heavy atom. The fourth-order valence-corrected chi connectivity index (χ4v) is 1.61. The van der Waals surface area contributed by atoms with Gasteiger partial charge in [0.25, 0.3) is 0 Å². The summed E-state index contributed by atoms with van der Waals surface area (Å²) in [6.07, 6.45) is 0. The van der Waals surface area contributed by atoms with Gasteiger partial charge in [0.2, 0.25) is 0 Å². The molecule has 3 rings (SSSR count). The molecule has 0 bridgehead atoms. The lowest BCUT2D eigenvalue weighted by Gasteiger charge is -2.28. The van der Waals surface area contributed by atoms with Crippen LogP contribution in [0.3, 0.4) is 0 Å². The van der Waals surface area contributed by atoms with Crippen LogP contribution in [0.15, 0.2) is 18.2 Å². The van der Waals surface area contributed by atoms with Crippen molar-refractivity contribution in [2.75, 3.05) is 31.0 Å². The highest BCUT2D eigenvalue weighted by atomic mass is 16.5. The number of aryl methyl sites for hydroxylation is 1. The minimum absolute atomic E-state index is 0.0705. The summed E-state index contributed by atoms with van der Waals surface area (Å²) in [5, 5.41) is 9.46. The van der Waals surface area contributed by atoms with Crippen LogP contribution in [0.4, 0.5) is 5.82 Å². The topological polar surface area (TPSA) is 62.0 Å². The molecule has 0 unspecified atom stereocenters. The van der Waals surface area contributed by atoms with Crippen LogP contribution in [0, 0.1) is 18.3 Å². The summed E-state index contributed by atoms with van der Waals surface area (Å²) in [4.78, 5) is 8.12. The molecule has 1 aromatic heterocycles. The Morgan fingerprint density at radius 1 is 1.42 bits per heavy atom. The number of hydrogen-bond donors (Lipinski definition) is 0. The van der Waals surface area contributed by atoms with Gasteiger partial charge in [0.05, 0.1) is 36.5 Å². The highest BCUT2D eigenvalue weighted by molar-refractivity contribution is 5.78. The predicted molar refractivity (Wildman–Crippen MR) is 72.0 cm³/mol. The standard InChI is InChI=1S/C14H14N4O/c1-10-2-3-11-12(8-10)16-13(9-15)14(17-11)18-4-6-19-7-5-18/h2-3,8H,4-7H2,1H3/i3D,4D2,5D2,6D2,7D2. The number of ether oxygens (including phenoxy) is 1. The Labute approximate surface area is 124 Å². The van der Waals surface area contributed by atoms with Gasteiger partial charge >= 0.3 is 0 Å². The third kappa shape index (κ3) is 2.23. The maximum Gasteiger partial charge on any atom is 0.183 e. The van der Waals surface area contributed by atoms with Crippen molar-refractivity contribution in [3.8, 4) is 6.07 Å². The Kier molecular flexibility index (Phi) is 1.38. The average molecular weight is 263 g/mol. The van der Waals surface area contributed by atoms with E-state index in [1.54, 1.807) is 13.0 Å². The second kappa shape index (κ2) is 4.82. The lowest BCUT2D eigenvalue weighted by atomic mass is 10.2. The molecule has 0 atom stereocenters. The highest BCUT2D eigenvalue weighted by Crippen LogP contribution is 2.21. The molecule has 1 saturated heterocycles. The van der Waals surface area contributed by atoms with Crippen molar-refractivity contribution in [2.45, 2.75) is 6.92 Å². The lowest BCUT2D eigenvalue weighted by Crippen LogP contribution is -2.37. The lowest BCUT2D eigenvalue weighted by molar-refractivity contribution is 0.122. The van der Waals surface area contributed by atoms with Gasteiger partial charge in [-0.2, -0.15) is 5.26 Å². The number of anilines is 1. The number of nitrogens with zero attached hydrogens (tertiary/aromatic N) is 4. The summed E-state index contributed by atoms with van der Waals surface area (Å²) in [5.41, 5.74) is 0.191. The van der Waals surface area contributed by atoms with Crippen LogP contribution in [-0.2, 0) is 4.74 Å². The highest BCUT2D eigenvalue weighted by Gasteiger charge is 2.18. The first-order valence-electron chi connectivity index (χ1n) is 9.85. The molecule has 1 fully saturated rings. The first-order valence-corrected chi connectivity index (χ1v) is 5.35. The molecule has 1 aliphatic rings. The zero-order valence-electron chi connectivity index (χ0n) is 18.9. The van der Waals surface area contributed by atoms with Crippen LogP contribution in [-0.4, -0.2) is 36.1 Å². The smallest absolute Gasteiger partial charge is 0.183 e. The average Bonchev–Trinajstić information content (AvgIpc) is 2.52. The zero-order chi connectivity index (χ0) is 21.3. The Morgan fingerprint density at radius 2 is 2.21 bits per heavy atom. The molecule has 2 heterocycles. The van der Waals surface area contributed by atoms with E-state index in [0.717, 1.165) is 0 Å². The first kappa shape index (κ1) is 5.43. The Hall–Kier alpha value is -2.19. The van der Waals surface area contributed by atoms with Crippen molar-refractivity contribution in [1.29, 1.82) is 5.26 Å². The van der Waals surface area contributed by atoms with Gasteiger partial charge in [0, 0.05) is 13.0 Å². The molecular formula is C14H14N4O. The quantitative estimate of drug-likeness (QED) is 0.783. The third-order valence-electron chi connectivity index (χ3n) is 2.44. The van der Waals surface area contributed by atoms with E-state index in [0.29, 0.717) is 5.56 Å². The molecule has 0 spiro atoms. The van der Waals surface area contributed by atoms with Crippen LogP contribution in [0.25, 0.3) is 11.0 Å².